The van der Waals surface area contributed by atoms with Crippen molar-refractivity contribution in [3.05, 3.63) is 76.2 Å². The van der Waals surface area contributed by atoms with E-state index in [1.807, 2.05) is 41.5 Å². The zero-order valence-electron chi connectivity index (χ0n) is 18.8. The smallest absolute Gasteiger partial charge is 0.191 e. The Morgan fingerprint density at radius 2 is 2.00 bits per heavy atom. The van der Waals surface area contributed by atoms with E-state index in [-0.39, 0.29) is 24.0 Å². The summed E-state index contributed by atoms with van der Waals surface area (Å²) in [6.07, 6.45) is 6.30. The van der Waals surface area contributed by atoms with Crippen molar-refractivity contribution in [2.24, 2.45) is 10.9 Å². The Morgan fingerprint density at radius 3 is 2.72 bits per heavy atom. The molecule has 0 radical (unpaired) electrons. The molecule has 0 saturated carbocycles. The number of likely N-dealkylation sites (tertiary alicyclic amines) is 1. The quantitative estimate of drug-likeness (QED) is 0.255. The van der Waals surface area contributed by atoms with Gasteiger partial charge in [-0.25, -0.2) is 0 Å². The summed E-state index contributed by atoms with van der Waals surface area (Å²) in [7, 11) is 4.09. The third-order valence-corrected chi connectivity index (χ3v) is 7.00. The minimum Gasteiger partial charge on any atom is -0.356 e. The van der Waals surface area contributed by atoms with Gasteiger partial charge in [0.15, 0.2) is 5.96 Å². The molecule has 32 heavy (non-hydrogen) atoms. The van der Waals surface area contributed by atoms with Gasteiger partial charge in [-0.05, 0) is 61.0 Å². The highest BCUT2D eigenvalue weighted by atomic mass is 127. The van der Waals surface area contributed by atoms with Gasteiger partial charge in [0.05, 0.1) is 6.54 Å². The van der Waals surface area contributed by atoms with Crippen molar-refractivity contribution >= 4 is 41.3 Å². The lowest BCUT2D eigenvalue weighted by Crippen LogP contribution is -2.44. The van der Waals surface area contributed by atoms with Gasteiger partial charge >= 0.3 is 0 Å². The van der Waals surface area contributed by atoms with E-state index in [4.69, 9.17) is 0 Å². The predicted molar refractivity (Wildman–Crippen MR) is 144 cm³/mol. The number of hydrogen-bond donors (Lipinski definition) is 2. The fourth-order valence-electron chi connectivity index (χ4n) is 4.46. The van der Waals surface area contributed by atoms with Crippen LogP contribution in [-0.4, -0.2) is 47.8 Å². The molecule has 1 fully saturated rings. The molecule has 1 aliphatic rings. The number of hydrogen-bond acceptors (Lipinski definition) is 4. The SMILES string of the molecule is CN=C(NCc1ccccc1Cn1cccn1)NCC1CCCN(C)C1c1cccs1.I. The lowest BCUT2D eigenvalue weighted by Gasteiger charge is -2.39. The number of thiophene rings is 1. The summed E-state index contributed by atoms with van der Waals surface area (Å²) in [5.41, 5.74) is 2.52. The van der Waals surface area contributed by atoms with Gasteiger partial charge in [0.2, 0.25) is 0 Å². The molecule has 1 saturated heterocycles. The molecule has 0 amide bonds. The van der Waals surface area contributed by atoms with E-state index in [9.17, 15) is 0 Å². The molecule has 2 atom stereocenters. The van der Waals surface area contributed by atoms with Crippen LogP contribution in [0.15, 0.2) is 65.2 Å². The third kappa shape index (κ3) is 6.32. The van der Waals surface area contributed by atoms with E-state index >= 15 is 0 Å². The molecule has 0 aliphatic carbocycles. The normalized spacial score (nSPS) is 19.4. The Labute approximate surface area is 212 Å². The molecule has 3 heterocycles. The average Bonchev–Trinajstić information content (AvgIpc) is 3.49. The topological polar surface area (TPSA) is 57.5 Å². The van der Waals surface area contributed by atoms with E-state index in [2.05, 4.69) is 74.5 Å². The minimum atomic E-state index is 0. The predicted octanol–water partition coefficient (Wildman–Crippen LogP) is 4.36. The number of guanidine groups is 1. The summed E-state index contributed by atoms with van der Waals surface area (Å²) in [4.78, 5) is 8.43. The van der Waals surface area contributed by atoms with Gasteiger partial charge in [-0.3, -0.25) is 14.6 Å². The molecular formula is C24H33IN6S. The Hall–Kier alpha value is -1.91. The molecule has 4 rings (SSSR count). The second-order valence-corrected chi connectivity index (χ2v) is 9.10. The molecular weight excluding hydrogens is 531 g/mol. The lowest BCUT2D eigenvalue weighted by atomic mass is 9.88. The van der Waals surface area contributed by atoms with Crippen LogP contribution in [0.2, 0.25) is 0 Å². The Kier molecular flexibility index (Phi) is 9.55. The monoisotopic (exact) mass is 564 g/mol. The van der Waals surface area contributed by atoms with Crippen LogP contribution in [0.5, 0.6) is 0 Å². The second-order valence-electron chi connectivity index (χ2n) is 8.12. The van der Waals surface area contributed by atoms with Gasteiger partial charge in [-0.1, -0.05) is 30.3 Å². The van der Waals surface area contributed by atoms with Crippen LogP contribution in [0.3, 0.4) is 0 Å². The van der Waals surface area contributed by atoms with Crippen molar-refractivity contribution in [1.82, 2.24) is 25.3 Å². The van der Waals surface area contributed by atoms with Crippen molar-refractivity contribution < 1.29 is 0 Å². The number of rotatable bonds is 7. The standard InChI is InChI=1S/C24H32N6S.HI/c1-25-24(26-16-19-8-3-4-9-21(19)18-30-14-7-12-28-30)27-17-20-10-5-13-29(2)23(20)22-11-6-15-31-22;/h3-4,6-9,11-12,14-15,20,23H,5,10,13,16-18H2,1-2H3,(H2,25,26,27);1H. The molecule has 6 nitrogen and oxygen atoms in total. The second kappa shape index (κ2) is 12.4. The highest BCUT2D eigenvalue weighted by Crippen LogP contribution is 2.36. The first-order chi connectivity index (χ1) is 15.2. The molecule has 1 aliphatic heterocycles. The van der Waals surface area contributed by atoms with Gasteiger partial charge in [0, 0.05) is 43.4 Å². The molecule has 0 spiro atoms. The maximum Gasteiger partial charge on any atom is 0.191 e. The first-order valence-electron chi connectivity index (χ1n) is 11.0. The first-order valence-corrected chi connectivity index (χ1v) is 11.8. The van der Waals surface area contributed by atoms with Crippen LogP contribution in [0.25, 0.3) is 0 Å². The molecule has 1 aromatic carbocycles. The highest BCUT2D eigenvalue weighted by Gasteiger charge is 2.31. The Bertz CT molecular complexity index is 957. The maximum atomic E-state index is 4.47. The average molecular weight is 565 g/mol. The summed E-state index contributed by atoms with van der Waals surface area (Å²) < 4.78 is 1.95. The minimum absolute atomic E-state index is 0. The summed E-state index contributed by atoms with van der Waals surface area (Å²) in [5, 5.41) is 13.6. The van der Waals surface area contributed by atoms with E-state index in [0.29, 0.717) is 12.0 Å². The van der Waals surface area contributed by atoms with E-state index in [0.717, 1.165) is 25.6 Å². The van der Waals surface area contributed by atoms with Crippen LogP contribution in [0.4, 0.5) is 0 Å². The van der Waals surface area contributed by atoms with Crippen molar-refractivity contribution in [2.45, 2.75) is 32.0 Å². The maximum absolute atomic E-state index is 4.47. The van der Waals surface area contributed by atoms with Crippen LogP contribution >= 0.6 is 35.3 Å². The fourth-order valence-corrected chi connectivity index (χ4v) is 5.45. The van der Waals surface area contributed by atoms with Gasteiger partial charge in [-0.2, -0.15) is 5.10 Å². The number of halogens is 1. The number of aromatic nitrogens is 2. The molecule has 2 unspecified atom stereocenters. The van der Waals surface area contributed by atoms with Crippen LogP contribution in [0, 0.1) is 5.92 Å². The van der Waals surface area contributed by atoms with Crippen LogP contribution in [-0.2, 0) is 13.1 Å². The highest BCUT2D eigenvalue weighted by molar-refractivity contribution is 14.0. The zero-order chi connectivity index (χ0) is 21.5. The van der Waals surface area contributed by atoms with Crippen molar-refractivity contribution in [3.8, 4) is 0 Å². The van der Waals surface area contributed by atoms with Gasteiger partial charge < -0.3 is 10.6 Å². The van der Waals surface area contributed by atoms with Crippen LogP contribution < -0.4 is 10.6 Å². The third-order valence-electron chi connectivity index (χ3n) is 6.05. The largest absolute Gasteiger partial charge is 0.356 e. The molecule has 2 N–H and O–H groups in total. The Balaban J connectivity index is 0.00000289. The summed E-state index contributed by atoms with van der Waals surface area (Å²) >= 11 is 1.86. The lowest BCUT2D eigenvalue weighted by molar-refractivity contribution is 0.125. The van der Waals surface area contributed by atoms with Crippen molar-refractivity contribution in [3.63, 3.8) is 0 Å². The van der Waals surface area contributed by atoms with Gasteiger partial charge in [0.1, 0.15) is 0 Å². The first kappa shape index (κ1) is 24.7. The van der Waals surface area contributed by atoms with E-state index in [1.54, 1.807) is 0 Å². The van der Waals surface area contributed by atoms with Gasteiger partial charge in [0.25, 0.3) is 0 Å². The number of aliphatic imine (C=N–C) groups is 1. The summed E-state index contributed by atoms with van der Waals surface area (Å²) in [6, 6.07) is 15.4. The fraction of sp³-hybridized carbons (Fsp3) is 0.417. The van der Waals surface area contributed by atoms with Crippen LogP contribution in [0.1, 0.15) is 34.9 Å². The number of nitrogens with zero attached hydrogens (tertiary/aromatic N) is 4. The molecule has 8 heteroatoms. The van der Waals surface area contributed by atoms with Crippen molar-refractivity contribution in [1.29, 1.82) is 0 Å². The summed E-state index contributed by atoms with van der Waals surface area (Å²) in [5.74, 6) is 1.43. The molecule has 172 valence electrons. The number of nitrogens with one attached hydrogen (secondary N) is 2. The van der Waals surface area contributed by atoms with Crippen molar-refractivity contribution in [2.75, 3.05) is 27.2 Å². The Morgan fingerprint density at radius 1 is 1.16 bits per heavy atom. The van der Waals surface area contributed by atoms with E-state index < -0.39 is 0 Å². The molecule has 0 bridgehead atoms. The number of piperidine rings is 1. The van der Waals surface area contributed by atoms with Gasteiger partial charge in [-0.15, -0.1) is 35.3 Å². The molecule has 3 aromatic rings. The van der Waals surface area contributed by atoms with E-state index in [1.165, 1.54) is 35.4 Å². The molecule has 2 aromatic heterocycles. The number of benzene rings is 1. The zero-order valence-corrected chi connectivity index (χ0v) is 21.9. The summed E-state index contributed by atoms with van der Waals surface area (Å²) in [6.45, 7) is 3.59.